The Morgan fingerprint density at radius 3 is 2.72 bits per heavy atom. The maximum Gasteiger partial charge on any atom is 0.409 e. The molecule has 0 radical (unpaired) electrons. The molecule has 5 atom stereocenters. The van der Waals surface area contributed by atoms with Gasteiger partial charge >= 0.3 is 6.09 Å². The van der Waals surface area contributed by atoms with Gasteiger partial charge in [-0.2, -0.15) is 0 Å². The number of fused-ring (bicyclic) bond motifs is 4. The summed E-state index contributed by atoms with van der Waals surface area (Å²) in [5.74, 6) is 0.235. The summed E-state index contributed by atoms with van der Waals surface area (Å²) in [5, 5.41) is 0.708. The molecule has 2 aliphatic carbocycles. The molecule has 0 saturated heterocycles. The smallest absolute Gasteiger partial charge is 0.409 e. The zero-order valence-electron chi connectivity index (χ0n) is 26.9. The van der Waals surface area contributed by atoms with Crippen molar-refractivity contribution in [3.63, 3.8) is 0 Å². The molecule has 2 aromatic rings. The van der Waals surface area contributed by atoms with E-state index in [0.29, 0.717) is 42.7 Å². The summed E-state index contributed by atoms with van der Waals surface area (Å²) in [4.78, 5) is 31.3. The number of sulfonamides is 1. The third-order valence-electron chi connectivity index (χ3n) is 10.3. The van der Waals surface area contributed by atoms with Gasteiger partial charge in [-0.25, -0.2) is 17.9 Å². The second kappa shape index (κ2) is 12.7. The maximum absolute atomic E-state index is 13.6. The number of nitrogens with zero attached hydrogens (tertiary/aromatic N) is 3. The van der Waals surface area contributed by atoms with Crippen LogP contribution >= 0.6 is 11.6 Å². The molecular weight excluding hydrogens is 628 g/mol. The Balaban J connectivity index is 1.44. The molecule has 2 bridgehead atoms. The average molecular weight is 671 g/mol. The van der Waals surface area contributed by atoms with E-state index < -0.39 is 34.2 Å². The van der Waals surface area contributed by atoms with Crippen molar-refractivity contribution in [1.82, 2.24) is 14.5 Å². The summed E-state index contributed by atoms with van der Waals surface area (Å²) in [6.07, 6.45) is 7.65. The first-order valence-electron chi connectivity index (χ1n) is 16.0. The second-order valence-corrected chi connectivity index (χ2v) is 15.6. The minimum absolute atomic E-state index is 0.00441. The van der Waals surface area contributed by atoms with E-state index in [2.05, 4.69) is 15.7 Å². The molecular formula is C34H43ClN4O6S. The quantitative estimate of drug-likeness (QED) is 0.439. The van der Waals surface area contributed by atoms with Crippen LogP contribution in [0.4, 0.5) is 10.5 Å². The minimum atomic E-state index is -4.16. The van der Waals surface area contributed by atoms with Crippen LogP contribution in [0.2, 0.25) is 5.02 Å². The first-order chi connectivity index (χ1) is 21.9. The molecule has 10 nitrogen and oxygen atoms in total. The summed E-state index contributed by atoms with van der Waals surface area (Å²) in [6.45, 7) is 3.72. The van der Waals surface area contributed by atoms with Crippen LogP contribution < -0.4 is 14.4 Å². The fourth-order valence-corrected chi connectivity index (χ4v) is 8.55. The van der Waals surface area contributed by atoms with Gasteiger partial charge in [-0.15, -0.1) is 0 Å². The van der Waals surface area contributed by atoms with E-state index in [-0.39, 0.29) is 22.1 Å². The number of amides is 2. The number of likely N-dealkylation sites (N-methyl/N-ethyl adjacent to an activating group) is 1. The topological polar surface area (TPSA) is 108 Å². The number of nitrogens with one attached hydrogen (secondary N) is 1. The Morgan fingerprint density at radius 2 is 1.98 bits per heavy atom. The molecule has 2 amide bonds. The van der Waals surface area contributed by atoms with Crippen LogP contribution in [0.5, 0.6) is 5.75 Å². The highest BCUT2D eigenvalue weighted by atomic mass is 35.5. The summed E-state index contributed by atoms with van der Waals surface area (Å²) in [7, 11) is 0.931. The van der Waals surface area contributed by atoms with Crippen molar-refractivity contribution in [2.45, 2.75) is 61.5 Å². The van der Waals surface area contributed by atoms with E-state index in [0.717, 1.165) is 32.1 Å². The van der Waals surface area contributed by atoms with Crippen molar-refractivity contribution in [3.8, 4) is 5.75 Å². The first-order valence-corrected chi connectivity index (χ1v) is 17.9. The number of carbonyl (C=O) groups excluding carboxylic acids is 2. The summed E-state index contributed by atoms with van der Waals surface area (Å²) >= 11 is 6.41. The predicted octanol–water partition coefficient (Wildman–Crippen LogP) is 4.60. The highest BCUT2D eigenvalue weighted by Crippen LogP contribution is 2.47. The molecule has 2 aromatic carbocycles. The zero-order chi connectivity index (χ0) is 32.8. The normalized spacial score (nSPS) is 29.3. The van der Waals surface area contributed by atoms with Crippen molar-refractivity contribution in [2.75, 3.05) is 52.3 Å². The van der Waals surface area contributed by atoms with Gasteiger partial charge < -0.3 is 19.3 Å². The third kappa shape index (κ3) is 6.33. The fraction of sp³-hybridized carbons (Fsp3) is 0.529. The molecule has 2 heterocycles. The fourth-order valence-electron chi connectivity index (χ4n) is 7.29. The van der Waals surface area contributed by atoms with Crippen molar-refractivity contribution >= 4 is 39.3 Å². The highest BCUT2D eigenvalue weighted by molar-refractivity contribution is 7.90. The Hall–Kier alpha value is -3.28. The van der Waals surface area contributed by atoms with E-state index >= 15 is 0 Å². The van der Waals surface area contributed by atoms with Crippen LogP contribution in [0.1, 0.15) is 43.7 Å². The van der Waals surface area contributed by atoms with Gasteiger partial charge in [0.05, 0.1) is 23.2 Å². The van der Waals surface area contributed by atoms with Crippen LogP contribution in [-0.2, 0) is 31.4 Å². The lowest BCUT2D eigenvalue weighted by atomic mass is 9.68. The lowest BCUT2D eigenvalue weighted by molar-refractivity contribution is -0.123. The number of carbonyl (C=O) groups is 2. The molecule has 0 unspecified atom stereocenters. The van der Waals surface area contributed by atoms with Crippen molar-refractivity contribution in [3.05, 3.63) is 64.7 Å². The Labute approximate surface area is 276 Å². The molecule has 12 heteroatoms. The van der Waals surface area contributed by atoms with Gasteiger partial charge in [-0.1, -0.05) is 23.7 Å². The number of anilines is 1. The number of hydrogen-bond acceptors (Lipinski definition) is 8. The minimum Gasteiger partial charge on any atom is -0.490 e. The molecule has 1 fully saturated rings. The average Bonchev–Trinajstić information content (AvgIpc) is 3.14. The van der Waals surface area contributed by atoms with Crippen LogP contribution in [0.3, 0.4) is 0 Å². The molecule has 1 N–H and O–H groups in total. The van der Waals surface area contributed by atoms with Crippen LogP contribution in [0.15, 0.2) is 53.4 Å². The van der Waals surface area contributed by atoms with E-state index in [1.165, 1.54) is 22.1 Å². The monoisotopic (exact) mass is 670 g/mol. The second-order valence-electron chi connectivity index (χ2n) is 13.5. The third-order valence-corrected chi connectivity index (χ3v) is 11.8. The molecule has 46 heavy (non-hydrogen) atoms. The molecule has 6 rings (SSSR count). The van der Waals surface area contributed by atoms with Crippen molar-refractivity contribution in [2.24, 2.45) is 11.8 Å². The van der Waals surface area contributed by atoms with Crippen molar-refractivity contribution < 1.29 is 27.5 Å². The predicted molar refractivity (Wildman–Crippen MR) is 177 cm³/mol. The molecule has 4 aliphatic rings. The van der Waals surface area contributed by atoms with Gasteiger partial charge in [0.15, 0.2) is 0 Å². The Bertz CT molecular complexity index is 1650. The van der Waals surface area contributed by atoms with E-state index in [9.17, 15) is 18.0 Å². The van der Waals surface area contributed by atoms with Crippen molar-refractivity contribution in [1.29, 1.82) is 0 Å². The lowest BCUT2D eigenvalue weighted by Gasteiger charge is -2.46. The van der Waals surface area contributed by atoms with E-state index in [1.54, 1.807) is 45.1 Å². The number of aryl methyl sites for hydroxylation is 1. The SMILES string of the molecule is C[C@H]1C(=O)NS(=O)(=O)c2ccc3c(c2)N(C[C@@H]2CC[C@H]2[C@@H](OC(=O)N(C)C)C=CCN1C)C[C@@]1(CCCc2cc(Cl)ccc21)CO3. The number of hydrogen-bond donors (Lipinski definition) is 1. The number of rotatable bonds is 1. The zero-order valence-corrected chi connectivity index (χ0v) is 28.4. The first kappa shape index (κ1) is 32.7. The molecule has 248 valence electrons. The summed E-state index contributed by atoms with van der Waals surface area (Å²) in [5.41, 5.74) is 2.78. The number of ether oxygens (including phenoxy) is 2. The van der Waals surface area contributed by atoms with Gasteiger partial charge in [0.25, 0.3) is 15.9 Å². The summed E-state index contributed by atoms with van der Waals surface area (Å²) < 4.78 is 42.0. The van der Waals surface area contributed by atoms with E-state index in [4.69, 9.17) is 21.1 Å². The number of halogens is 1. The lowest BCUT2D eigenvalue weighted by Crippen LogP contribution is -2.50. The van der Waals surface area contributed by atoms with Crippen LogP contribution in [0.25, 0.3) is 0 Å². The molecule has 1 saturated carbocycles. The number of benzene rings is 2. The summed E-state index contributed by atoms with van der Waals surface area (Å²) in [6, 6.07) is 10.2. The largest absolute Gasteiger partial charge is 0.490 e. The molecule has 0 aromatic heterocycles. The van der Waals surface area contributed by atoms with Gasteiger partial charge in [-0.05, 0) is 99.5 Å². The van der Waals surface area contributed by atoms with Gasteiger partial charge in [0.2, 0.25) is 0 Å². The van der Waals surface area contributed by atoms with Gasteiger partial charge in [0.1, 0.15) is 11.9 Å². The molecule has 2 aliphatic heterocycles. The van der Waals surface area contributed by atoms with Gasteiger partial charge in [0, 0.05) is 50.1 Å². The van der Waals surface area contributed by atoms with Gasteiger partial charge in [-0.3, -0.25) is 9.69 Å². The molecule has 1 spiro atoms. The maximum atomic E-state index is 13.6. The Morgan fingerprint density at radius 1 is 1.17 bits per heavy atom. The Kier molecular flexibility index (Phi) is 9.04. The standard InChI is InChI=1S/C34H43ClN4O6S/c1-22-32(40)36-46(42,43)26-11-14-31-29(18-26)39(20-34(21-44-31)15-5-7-23-17-25(35)10-13-28(23)34)19-24-9-12-27(24)30(8-6-16-38(22)4)45-33(41)37(2)3/h6,8,10-11,13-14,17-18,22,24,27,30H,5,7,9,12,15-16,19-21H2,1-4H3,(H,36,40)/t22-,24-,27+,30-,34-/m0/s1. The van der Waals surface area contributed by atoms with E-state index in [1.807, 2.05) is 24.3 Å². The highest BCUT2D eigenvalue weighted by Gasteiger charge is 2.45. The van der Waals surface area contributed by atoms with Crippen LogP contribution in [0, 0.1) is 11.8 Å². The van der Waals surface area contributed by atoms with Crippen LogP contribution in [-0.4, -0.2) is 89.7 Å².